The molecule has 0 saturated carbocycles. The van der Waals surface area contributed by atoms with Gasteiger partial charge < -0.3 is 30.6 Å². The van der Waals surface area contributed by atoms with Crippen LogP contribution in [0.3, 0.4) is 0 Å². The van der Waals surface area contributed by atoms with E-state index in [2.05, 4.69) is 9.78 Å². The second kappa shape index (κ2) is 12.6. The van der Waals surface area contributed by atoms with E-state index in [1.807, 2.05) is 0 Å². The minimum atomic E-state index is -3.14. The van der Waals surface area contributed by atoms with Gasteiger partial charge in [0, 0.05) is 44.8 Å². The summed E-state index contributed by atoms with van der Waals surface area (Å²) in [6, 6.07) is 0. The Morgan fingerprint density at radius 1 is 0.500 bits per heavy atom. The second-order valence-electron chi connectivity index (χ2n) is 5.05. The van der Waals surface area contributed by atoms with Gasteiger partial charge >= 0.3 is 35.8 Å². The molecule has 0 aliphatic carbocycles. The molecule has 0 rings (SSSR count). The molecule has 0 amide bonds. The molecule has 0 aromatic heterocycles. The summed E-state index contributed by atoms with van der Waals surface area (Å²) >= 11 is 0. The number of hydrogen-bond acceptors (Lipinski definition) is 8. The molecule has 0 saturated heterocycles. The fraction of sp³-hybridized carbons (Fsp3) is 0.500. The van der Waals surface area contributed by atoms with Crippen LogP contribution in [0.1, 0.15) is 25.7 Å². The van der Waals surface area contributed by atoms with Crippen LogP contribution in [0.15, 0.2) is 0 Å². The van der Waals surface area contributed by atoms with Crippen molar-refractivity contribution in [1.29, 1.82) is 0 Å². The molecular weight excluding hydrogens is 554 g/mol. The second-order valence-corrected chi connectivity index (χ2v) is 5.05. The van der Waals surface area contributed by atoms with E-state index >= 15 is 0 Å². The fourth-order valence-corrected chi connectivity index (χ4v) is 1.75. The van der Waals surface area contributed by atoms with Crippen molar-refractivity contribution in [2.45, 2.75) is 36.9 Å². The molecule has 0 heterocycles. The standard InChI is InChI=1S/C12H14O14.2Nb/c13-5(14)1-11(9(21)22,2-6(15)16)25-26-12(10(23)24,3-7(17)18)4-8(19)20;;/h1-4H2,(H,13,14)(H,15,16)(H,17,18)(H,19,20)(H,21,22)(H,23,24);;. The molecule has 0 fully saturated rings. The van der Waals surface area contributed by atoms with Crippen molar-refractivity contribution in [2.75, 3.05) is 0 Å². The monoisotopic (exact) mass is 568 g/mol. The molecule has 0 aromatic rings. The van der Waals surface area contributed by atoms with Crippen molar-refractivity contribution < 1.29 is 114 Å². The maximum atomic E-state index is 11.3. The summed E-state index contributed by atoms with van der Waals surface area (Å²) in [6.45, 7) is 0. The summed E-state index contributed by atoms with van der Waals surface area (Å²) < 4.78 is 0. The van der Waals surface area contributed by atoms with Crippen LogP contribution in [0.5, 0.6) is 0 Å². The van der Waals surface area contributed by atoms with E-state index in [1.165, 1.54) is 0 Å². The maximum Gasteiger partial charge on any atom is 0.340 e. The molecule has 0 unspecified atom stereocenters. The minimum Gasteiger partial charge on any atom is -0.481 e. The first-order valence-corrected chi connectivity index (χ1v) is 6.47. The average Bonchev–Trinajstić information content (AvgIpc) is 2.41. The van der Waals surface area contributed by atoms with Gasteiger partial charge in [-0.15, -0.1) is 0 Å². The van der Waals surface area contributed by atoms with Crippen molar-refractivity contribution in [2.24, 2.45) is 0 Å². The quantitative estimate of drug-likeness (QED) is 0.0840. The van der Waals surface area contributed by atoms with Crippen LogP contribution in [0.4, 0.5) is 0 Å². The topological polar surface area (TPSA) is 242 Å². The number of hydrogen-bond donors (Lipinski definition) is 6. The van der Waals surface area contributed by atoms with Crippen molar-refractivity contribution in [1.82, 2.24) is 0 Å². The predicted molar refractivity (Wildman–Crippen MR) is 71.9 cm³/mol. The van der Waals surface area contributed by atoms with Gasteiger partial charge in [-0.1, -0.05) is 0 Å². The van der Waals surface area contributed by atoms with Crippen molar-refractivity contribution in [3.05, 3.63) is 0 Å². The molecule has 0 atom stereocenters. The van der Waals surface area contributed by atoms with Crippen LogP contribution in [0, 0.1) is 0 Å². The zero-order valence-corrected chi connectivity index (χ0v) is 18.1. The number of aliphatic carboxylic acids is 6. The minimum absolute atomic E-state index is 0. The Morgan fingerprint density at radius 2 is 0.679 bits per heavy atom. The third-order valence-electron chi connectivity index (χ3n) is 2.89. The van der Waals surface area contributed by atoms with Crippen LogP contribution in [-0.4, -0.2) is 77.7 Å². The van der Waals surface area contributed by atoms with Gasteiger partial charge in [-0.25, -0.2) is 19.4 Å². The van der Waals surface area contributed by atoms with Gasteiger partial charge in [0.15, 0.2) is 0 Å². The molecule has 2 radical (unpaired) electrons. The third kappa shape index (κ3) is 9.43. The Bertz CT molecular complexity index is 544. The Hall–Kier alpha value is -1.78. The average molecular weight is 568 g/mol. The molecule has 6 N–H and O–H groups in total. The van der Waals surface area contributed by atoms with E-state index in [-0.39, 0.29) is 44.8 Å². The summed E-state index contributed by atoms with van der Waals surface area (Å²) in [4.78, 5) is 74.4. The van der Waals surface area contributed by atoms with E-state index in [1.54, 1.807) is 0 Å². The Labute approximate surface area is 186 Å². The molecule has 0 bridgehead atoms. The smallest absolute Gasteiger partial charge is 0.340 e. The zero-order chi connectivity index (χ0) is 20.7. The number of rotatable bonds is 13. The van der Waals surface area contributed by atoms with Gasteiger partial charge in [0.1, 0.15) is 0 Å². The molecule has 16 heteroatoms. The zero-order valence-electron chi connectivity index (χ0n) is 13.7. The summed E-state index contributed by atoms with van der Waals surface area (Å²) in [6.07, 6.45) is -6.04. The molecule has 0 aromatic carbocycles. The summed E-state index contributed by atoms with van der Waals surface area (Å²) in [5.74, 6) is -11.8. The first kappa shape index (κ1) is 30.9. The Kier molecular flexibility index (Phi) is 14.0. The summed E-state index contributed by atoms with van der Waals surface area (Å²) in [7, 11) is 0. The molecule has 14 nitrogen and oxygen atoms in total. The number of carboxylic acids is 6. The Morgan fingerprint density at radius 3 is 0.786 bits per heavy atom. The van der Waals surface area contributed by atoms with Crippen LogP contribution in [-0.2, 0) is 83.3 Å². The molecule has 156 valence electrons. The molecular formula is C12H14Nb2O14. The van der Waals surface area contributed by atoms with Crippen molar-refractivity contribution in [3.63, 3.8) is 0 Å². The van der Waals surface area contributed by atoms with E-state index in [9.17, 15) is 28.8 Å². The third-order valence-corrected chi connectivity index (χ3v) is 2.89. The first-order chi connectivity index (χ1) is 11.8. The predicted octanol–water partition coefficient (Wildman–Crippen LogP) is -1.52. The van der Waals surface area contributed by atoms with Crippen LogP contribution >= 0.6 is 0 Å². The van der Waals surface area contributed by atoms with Crippen LogP contribution < -0.4 is 0 Å². The first-order valence-electron chi connectivity index (χ1n) is 6.47. The van der Waals surface area contributed by atoms with Gasteiger partial charge in [0.25, 0.3) is 0 Å². The SMILES string of the molecule is O=C(O)CC(CC(=O)O)(OOC(CC(=O)O)(CC(=O)O)C(=O)O)C(=O)O.[Nb].[Nb]. The molecule has 0 spiro atoms. The van der Waals surface area contributed by atoms with Crippen LogP contribution in [0.2, 0.25) is 0 Å². The van der Waals surface area contributed by atoms with Gasteiger partial charge in [-0.3, -0.25) is 19.2 Å². The summed E-state index contributed by atoms with van der Waals surface area (Å²) in [5, 5.41) is 53.2. The van der Waals surface area contributed by atoms with Gasteiger partial charge in [0.2, 0.25) is 11.2 Å². The van der Waals surface area contributed by atoms with E-state index in [4.69, 9.17) is 30.6 Å². The largest absolute Gasteiger partial charge is 0.481 e. The van der Waals surface area contributed by atoms with Gasteiger partial charge in [-0.2, -0.15) is 0 Å². The van der Waals surface area contributed by atoms with Gasteiger partial charge in [0.05, 0.1) is 25.7 Å². The maximum absolute atomic E-state index is 11.3. The molecule has 0 aliphatic rings. The van der Waals surface area contributed by atoms with E-state index < -0.39 is 72.7 Å². The number of carboxylic acid groups (broad SMARTS) is 6. The van der Waals surface area contributed by atoms with E-state index in [0.29, 0.717) is 0 Å². The number of carbonyl (C=O) groups is 6. The fourth-order valence-electron chi connectivity index (χ4n) is 1.75. The van der Waals surface area contributed by atoms with Crippen LogP contribution in [0.25, 0.3) is 0 Å². The normalized spacial score (nSPS) is 10.7. The van der Waals surface area contributed by atoms with Crippen molar-refractivity contribution in [3.8, 4) is 0 Å². The van der Waals surface area contributed by atoms with Crippen molar-refractivity contribution >= 4 is 35.8 Å². The van der Waals surface area contributed by atoms with E-state index in [0.717, 1.165) is 0 Å². The molecule has 0 aliphatic heterocycles. The summed E-state index contributed by atoms with van der Waals surface area (Å²) in [5.41, 5.74) is -6.29. The molecule has 28 heavy (non-hydrogen) atoms. The Balaban J connectivity index is -0.00000312. The van der Waals surface area contributed by atoms with Gasteiger partial charge in [-0.05, 0) is 0 Å².